The number of nitrogens with zero attached hydrogens (tertiary/aromatic N) is 2. The summed E-state index contributed by atoms with van der Waals surface area (Å²) in [6.45, 7) is 2.49. The van der Waals surface area contributed by atoms with E-state index in [0.29, 0.717) is 6.61 Å². The van der Waals surface area contributed by atoms with E-state index < -0.39 is 0 Å². The number of hydrogen-bond donors (Lipinski definition) is 0. The van der Waals surface area contributed by atoms with Gasteiger partial charge in [0.15, 0.2) is 5.17 Å². The van der Waals surface area contributed by atoms with Crippen LogP contribution in [0.3, 0.4) is 0 Å². The summed E-state index contributed by atoms with van der Waals surface area (Å²) in [4.78, 5) is 18.5. The largest absolute Gasteiger partial charge is 0.461 e. The lowest BCUT2D eigenvalue weighted by Gasteiger charge is -2.16. The predicted octanol–water partition coefficient (Wildman–Crippen LogP) is 2.55. The van der Waals surface area contributed by atoms with E-state index >= 15 is 0 Å². The van der Waals surface area contributed by atoms with Gasteiger partial charge in [-0.1, -0.05) is 6.07 Å². The topological polar surface area (TPSA) is 41.9 Å². The third kappa shape index (κ3) is 2.01. The van der Waals surface area contributed by atoms with E-state index in [0.717, 1.165) is 27.9 Å². The summed E-state index contributed by atoms with van der Waals surface area (Å²) in [5.74, 6) is -0.257. The highest BCUT2D eigenvalue weighted by Gasteiger charge is 2.26. The summed E-state index contributed by atoms with van der Waals surface area (Å²) in [5.41, 5.74) is 2.14. The van der Waals surface area contributed by atoms with Crippen molar-refractivity contribution in [3.63, 3.8) is 0 Å². The lowest BCUT2D eigenvalue weighted by Crippen LogP contribution is -2.20. The molecule has 0 fully saturated rings. The van der Waals surface area contributed by atoms with Crippen molar-refractivity contribution in [3.05, 3.63) is 36.0 Å². The molecular weight excluding hydrogens is 248 g/mol. The Morgan fingerprint density at radius 2 is 2.44 bits per heavy atom. The fourth-order valence-corrected chi connectivity index (χ4v) is 2.98. The minimum absolute atomic E-state index is 0.257. The SMILES string of the molecule is CC(=O)OCc1ccc2c(c1)SC1=NCC=CN12. The molecule has 1 aromatic rings. The first-order valence-corrected chi connectivity index (χ1v) is 6.50. The Labute approximate surface area is 109 Å². The van der Waals surface area contributed by atoms with E-state index in [1.807, 2.05) is 24.4 Å². The summed E-state index contributed by atoms with van der Waals surface area (Å²) < 4.78 is 5.00. The molecule has 0 aromatic heterocycles. The smallest absolute Gasteiger partial charge is 0.302 e. The first-order valence-electron chi connectivity index (χ1n) is 5.68. The molecule has 0 amide bonds. The van der Waals surface area contributed by atoms with Gasteiger partial charge >= 0.3 is 5.97 Å². The number of anilines is 1. The third-order valence-electron chi connectivity index (χ3n) is 2.72. The summed E-state index contributed by atoms with van der Waals surface area (Å²) in [5, 5.41) is 1.01. The molecule has 0 N–H and O–H groups in total. The molecule has 3 rings (SSSR count). The van der Waals surface area contributed by atoms with Gasteiger partial charge in [0.05, 0.1) is 12.2 Å². The molecule has 5 heteroatoms. The van der Waals surface area contributed by atoms with Gasteiger partial charge < -0.3 is 4.74 Å². The molecule has 0 unspecified atom stereocenters. The molecule has 18 heavy (non-hydrogen) atoms. The highest BCUT2D eigenvalue weighted by molar-refractivity contribution is 8.14. The molecule has 4 nitrogen and oxygen atoms in total. The number of aliphatic imine (C=N–C) groups is 1. The Balaban J connectivity index is 1.85. The van der Waals surface area contributed by atoms with Gasteiger partial charge in [-0.25, -0.2) is 0 Å². The van der Waals surface area contributed by atoms with E-state index in [1.54, 1.807) is 11.8 Å². The maximum absolute atomic E-state index is 10.8. The Morgan fingerprint density at radius 3 is 3.28 bits per heavy atom. The number of carbonyl (C=O) groups is 1. The van der Waals surface area contributed by atoms with E-state index in [1.165, 1.54) is 6.92 Å². The number of benzene rings is 1. The Morgan fingerprint density at radius 1 is 1.56 bits per heavy atom. The molecule has 0 spiro atoms. The quantitative estimate of drug-likeness (QED) is 0.766. The fraction of sp³-hybridized carbons (Fsp3) is 0.231. The molecule has 2 heterocycles. The van der Waals surface area contributed by atoms with Crippen LogP contribution in [0.15, 0.2) is 40.4 Å². The van der Waals surface area contributed by atoms with Gasteiger partial charge in [-0.3, -0.25) is 14.7 Å². The second kappa shape index (κ2) is 4.49. The van der Waals surface area contributed by atoms with Crippen molar-refractivity contribution in [2.75, 3.05) is 11.4 Å². The summed E-state index contributed by atoms with van der Waals surface area (Å²) in [6.07, 6.45) is 4.08. The summed E-state index contributed by atoms with van der Waals surface area (Å²) in [7, 11) is 0. The van der Waals surface area contributed by atoms with Gasteiger partial charge in [-0.15, -0.1) is 0 Å². The monoisotopic (exact) mass is 260 g/mol. The van der Waals surface area contributed by atoms with Crippen molar-refractivity contribution in [3.8, 4) is 0 Å². The van der Waals surface area contributed by atoms with Crippen LogP contribution < -0.4 is 4.90 Å². The van der Waals surface area contributed by atoms with Crippen molar-refractivity contribution in [1.29, 1.82) is 0 Å². The molecule has 0 saturated heterocycles. The van der Waals surface area contributed by atoms with E-state index in [-0.39, 0.29) is 5.97 Å². The van der Waals surface area contributed by atoms with Crippen LogP contribution in [-0.2, 0) is 16.1 Å². The molecule has 0 bridgehead atoms. The zero-order valence-corrected chi connectivity index (χ0v) is 10.7. The maximum atomic E-state index is 10.8. The van der Waals surface area contributed by atoms with Crippen LogP contribution in [0.5, 0.6) is 0 Å². The standard InChI is InChI=1S/C13H12N2O2S/c1-9(16)17-8-10-3-4-11-12(7-10)18-13-14-5-2-6-15(11)13/h2-4,6-7H,5,8H2,1H3. The van der Waals surface area contributed by atoms with Crippen LogP contribution in [0.4, 0.5) is 5.69 Å². The Hall–Kier alpha value is -1.75. The van der Waals surface area contributed by atoms with Crippen molar-refractivity contribution in [2.24, 2.45) is 4.99 Å². The third-order valence-corrected chi connectivity index (χ3v) is 3.77. The average Bonchev–Trinajstić information content (AvgIpc) is 2.73. The lowest BCUT2D eigenvalue weighted by atomic mass is 10.2. The normalized spacial score (nSPS) is 16.1. The van der Waals surface area contributed by atoms with Gasteiger partial charge in [-0.2, -0.15) is 0 Å². The number of fused-ring (bicyclic) bond motifs is 3. The van der Waals surface area contributed by atoms with Crippen molar-refractivity contribution >= 4 is 28.6 Å². The fourth-order valence-electron chi connectivity index (χ4n) is 1.90. The number of thioether (sulfide) groups is 1. The maximum Gasteiger partial charge on any atom is 0.302 e. The minimum Gasteiger partial charge on any atom is -0.461 e. The molecule has 0 atom stereocenters. The van der Waals surface area contributed by atoms with Gasteiger partial charge in [0.2, 0.25) is 0 Å². The van der Waals surface area contributed by atoms with Crippen molar-refractivity contribution < 1.29 is 9.53 Å². The molecule has 1 aromatic carbocycles. The molecule has 2 aliphatic rings. The van der Waals surface area contributed by atoms with Crippen molar-refractivity contribution in [1.82, 2.24) is 0 Å². The molecular formula is C13H12N2O2S. The number of ether oxygens (including phenoxy) is 1. The zero-order valence-electron chi connectivity index (χ0n) is 9.92. The zero-order chi connectivity index (χ0) is 12.5. The predicted molar refractivity (Wildman–Crippen MR) is 71.7 cm³/mol. The van der Waals surface area contributed by atoms with E-state index in [2.05, 4.69) is 16.0 Å². The van der Waals surface area contributed by atoms with Crippen LogP contribution in [-0.4, -0.2) is 17.7 Å². The van der Waals surface area contributed by atoms with Crippen LogP contribution in [0.1, 0.15) is 12.5 Å². The number of hydrogen-bond acceptors (Lipinski definition) is 5. The molecule has 0 radical (unpaired) electrons. The van der Waals surface area contributed by atoms with Crippen LogP contribution in [0.25, 0.3) is 0 Å². The lowest BCUT2D eigenvalue weighted by molar-refractivity contribution is -0.142. The number of amidine groups is 1. The van der Waals surface area contributed by atoms with Crippen LogP contribution in [0.2, 0.25) is 0 Å². The Bertz CT molecular complexity index is 566. The van der Waals surface area contributed by atoms with Crippen molar-refractivity contribution in [2.45, 2.75) is 18.4 Å². The second-order valence-corrected chi connectivity index (χ2v) is 5.07. The average molecular weight is 260 g/mol. The van der Waals surface area contributed by atoms with E-state index in [4.69, 9.17) is 4.74 Å². The molecule has 2 aliphatic heterocycles. The van der Waals surface area contributed by atoms with Gasteiger partial charge in [0, 0.05) is 18.0 Å². The summed E-state index contributed by atoms with van der Waals surface area (Å²) >= 11 is 1.65. The van der Waals surface area contributed by atoms with Gasteiger partial charge in [0.1, 0.15) is 6.61 Å². The van der Waals surface area contributed by atoms with Crippen LogP contribution >= 0.6 is 11.8 Å². The number of esters is 1. The first-order chi connectivity index (χ1) is 8.74. The van der Waals surface area contributed by atoms with E-state index in [9.17, 15) is 4.79 Å². The molecule has 0 aliphatic carbocycles. The summed E-state index contributed by atoms with van der Waals surface area (Å²) in [6, 6.07) is 6.07. The first kappa shape index (κ1) is 11.3. The minimum atomic E-state index is -0.257. The van der Waals surface area contributed by atoms with Gasteiger partial charge in [0.25, 0.3) is 0 Å². The second-order valence-electron chi connectivity index (χ2n) is 4.06. The highest BCUT2D eigenvalue weighted by Crippen LogP contribution is 2.41. The molecule has 0 saturated carbocycles. The highest BCUT2D eigenvalue weighted by atomic mass is 32.2. The Kier molecular flexibility index (Phi) is 2.83. The number of carbonyl (C=O) groups excluding carboxylic acids is 1. The number of rotatable bonds is 2. The molecule has 92 valence electrons. The van der Waals surface area contributed by atoms with Gasteiger partial charge in [-0.05, 0) is 35.5 Å². The van der Waals surface area contributed by atoms with Crippen LogP contribution in [0, 0.1) is 0 Å².